The smallest absolute Gasteiger partial charge is 0.409 e. The van der Waals surface area contributed by atoms with Gasteiger partial charge in [0.2, 0.25) is 0 Å². The second-order valence-corrected chi connectivity index (χ2v) is 5.21. The van der Waals surface area contributed by atoms with E-state index in [9.17, 15) is 4.79 Å². The minimum Gasteiger partial charge on any atom is -0.450 e. The molecule has 1 fully saturated rings. The lowest BCUT2D eigenvalue weighted by Crippen LogP contribution is -2.54. The van der Waals surface area contributed by atoms with Crippen LogP contribution in [0, 0.1) is 0 Å². The first-order valence-corrected chi connectivity index (χ1v) is 7.85. The predicted octanol–water partition coefficient (Wildman–Crippen LogP) is 2.74. The molecule has 1 aromatic carbocycles. The first-order valence-electron chi connectivity index (χ1n) is 7.85. The molecule has 1 aromatic rings. The van der Waals surface area contributed by atoms with Gasteiger partial charge in [0.15, 0.2) is 0 Å². The van der Waals surface area contributed by atoms with Crippen LogP contribution in [0.25, 0.3) is 0 Å². The summed E-state index contributed by atoms with van der Waals surface area (Å²) in [5.41, 5.74) is 1.82. The summed E-state index contributed by atoms with van der Waals surface area (Å²) in [4.78, 5) is 13.5. The minimum absolute atomic E-state index is 0.246. The summed E-state index contributed by atoms with van der Waals surface area (Å²) >= 11 is 0. The Kier molecular flexibility index (Phi) is 6.17. The van der Waals surface area contributed by atoms with Crippen molar-refractivity contribution in [3.63, 3.8) is 0 Å². The van der Waals surface area contributed by atoms with E-state index in [-0.39, 0.29) is 6.09 Å². The van der Waals surface area contributed by atoms with Crippen molar-refractivity contribution in [2.45, 2.75) is 13.8 Å². The van der Waals surface area contributed by atoms with Crippen molar-refractivity contribution in [3.05, 3.63) is 43.0 Å². The fraction of sp³-hybridized carbons (Fsp3) is 0.412. The van der Waals surface area contributed by atoms with E-state index in [4.69, 9.17) is 4.74 Å². The van der Waals surface area contributed by atoms with Crippen LogP contribution < -0.4 is 5.12 Å². The molecule has 2 rings (SSSR count). The van der Waals surface area contributed by atoms with E-state index in [0.29, 0.717) is 32.8 Å². The molecule has 0 aromatic heterocycles. The summed E-state index contributed by atoms with van der Waals surface area (Å²) < 4.78 is 5.06. The molecule has 0 N–H and O–H groups in total. The molecule has 124 valence electrons. The fourth-order valence-electron chi connectivity index (χ4n) is 2.32. The number of nitrogens with zero attached hydrogens (tertiary/aromatic N) is 4. The molecular weight excluding hydrogens is 292 g/mol. The van der Waals surface area contributed by atoms with Crippen molar-refractivity contribution < 1.29 is 9.53 Å². The molecule has 0 bridgehead atoms. The second-order valence-electron chi connectivity index (χ2n) is 5.21. The molecule has 6 heteroatoms. The molecular formula is C17H24N4O2. The zero-order chi connectivity index (χ0) is 16.7. The van der Waals surface area contributed by atoms with Gasteiger partial charge in [-0.1, -0.05) is 24.8 Å². The molecule has 1 aliphatic heterocycles. The average molecular weight is 316 g/mol. The van der Waals surface area contributed by atoms with E-state index < -0.39 is 0 Å². The quantitative estimate of drug-likeness (QED) is 0.619. The summed E-state index contributed by atoms with van der Waals surface area (Å²) in [5.74, 6) is 0. The number of benzene rings is 1. The maximum atomic E-state index is 11.8. The van der Waals surface area contributed by atoms with E-state index in [0.717, 1.165) is 11.4 Å². The molecule has 0 unspecified atom stereocenters. The third kappa shape index (κ3) is 4.56. The summed E-state index contributed by atoms with van der Waals surface area (Å²) in [6.45, 7) is 10.5. The number of hydrogen-bond donors (Lipinski definition) is 0. The lowest BCUT2D eigenvalue weighted by atomic mass is 10.3. The van der Waals surface area contributed by atoms with Gasteiger partial charge in [-0.05, 0) is 32.1 Å². The topological polar surface area (TPSA) is 48.4 Å². The largest absolute Gasteiger partial charge is 0.450 e. The Balaban J connectivity index is 2.10. The monoisotopic (exact) mass is 316 g/mol. The number of anilines is 1. The first-order chi connectivity index (χ1) is 11.2. The van der Waals surface area contributed by atoms with Gasteiger partial charge in [0, 0.05) is 26.2 Å². The van der Waals surface area contributed by atoms with Crippen molar-refractivity contribution in [3.8, 4) is 0 Å². The summed E-state index contributed by atoms with van der Waals surface area (Å²) in [5, 5.41) is 8.63. The first kappa shape index (κ1) is 17.0. The Labute approximate surface area is 137 Å². The number of carbonyl (C=O) groups is 1. The lowest BCUT2D eigenvalue weighted by Gasteiger charge is -2.39. The van der Waals surface area contributed by atoms with E-state index in [2.05, 4.69) is 16.7 Å². The molecule has 0 atom stereocenters. The normalized spacial score (nSPS) is 16.1. The maximum Gasteiger partial charge on any atom is 0.409 e. The van der Waals surface area contributed by atoms with Gasteiger partial charge in [-0.25, -0.2) is 4.79 Å². The van der Waals surface area contributed by atoms with Crippen LogP contribution in [0.2, 0.25) is 0 Å². The van der Waals surface area contributed by atoms with Crippen LogP contribution in [0.1, 0.15) is 13.8 Å². The van der Waals surface area contributed by atoms with Crippen molar-refractivity contribution in [1.29, 1.82) is 0 Å². The minimum atomic E-state index is -0.246. The Hall–Kier alpha value is -2.34. The van der Waals surface area contributed by atoms with E-state index in [1.54, 1.807) is 11.0 Å². The maximum absolute atomic E-state index is 11.8. The average Bonchev–Trinajstić information content (AvgIpc) is 2.60. The van der Waals surface area contributed by atoms with Crippen LogP contribution in [-0.2, 0) is 4.74 Å². The molecule has 6 nitrogen and oxygen atoms in total. The highest BCUT2D eigenvalue weighted by Crippen LogP contribution is 2.18. The molecule has 0 radical (unpaired) electrons. The summed E-state index contributed by atoms with van der Waals surface area (Å²) in [6.07, 6.45) is 1.48. The van der Waals surface area contributed by atoms with Gasteiger partial charge >= 0.3 is 6.09 Å². The molecule has 0 spiro atoms. The number of amides is 1. The highest BCUT2D eigenvalue weighted by Gasteiger charge is 2.25. The van der Waals surface area contributed by atoms with Crippen LogP contribution in [0.3, 0.4) is 0 Å². The Morgan fingerprint density at radius 2 is 1.96 bits per heavy atom. The zero-order valence-electron chi connectivity index (χ0n) is 13.8. The van der Waals surface area contributed by atoms with E-state index in [1.165, 1.54) is 0 Å². The van der Waals surface area contributed by atoms with Gasteiger partial charge in [-0.3, -0.25) is 0 Å². The molecule has 1 heterocycles. The zero-order valence-corrected chi connectivity index (χ0v) is 13.8. The molecule has 23 heavy (non-hydrogen) atoms. The number of hydrazone groups is 1. The third-order valence-electron chi connectivity index (χ3n) is 3.58. The number of hydrazine groups is 1. The lowest BCUT2D eigenvalue weighted by molar-refractivity contribution is 0.0764. The molecule has 0 aliphatic carbocycles. The highest BCUT2D eigenvalue weighted by molar-refractivity contribution is 5.92. The second kappa shape index (κ2) is 8.33. The summed E-state index contributed by atoms with van der Waals surface area (Å²) in [7, 11) is 0. The van der Waals surface area contributed by atoms with Crippen LogP contribution >= 0.6 is 0 Å². The molecule has 1 amide bonds. The predicted molar refractivity (Wildman–Crippen MR) is 92.4 cm³/mol. The number of hydrogen-bond acceptors (Lipinski definition) is 5. The van der Waals surface area contributed by atoms with E-state index in [1.807, 2.05) is 49.3 Å². The third-order valence-corrected chi connectivity index (χ3v) is 3.58. The van der Waals surface area contributed by atoms with Crippen molar-refractivity contribution in [2.75, 3.05) is 37.9 Å². The van der Waals surface area contributed by atoms with Crippen LogP contribution in [-0.4, -0.2) is 54.5 Å². The van der Waals surface area contributed by atoms with Gasteiger partial charge in [0.1, 0.15) is 0 Å². The van der Waals surface area contributed by atoms with Crippen molar-refractivity contribution in [1.82, 2.24) is 9.91 Å². The van der Waals surface area contributed by atoms with Crippen molar-refractivity contribution >= 4 is 17.5 Å². The number of allylic oxidation sites excluding steroid dienone is 1. The molecule has 1 saturated heterocycles. The number of rotatable bonds is 5. The Morgan fingerprint density at radius 1 is 1.30 bits per heavy atom. The number of ether oxygens (including phenoxy) is 1. The number of piperazine rings is 1. The van der Waals surface area contributed by atoms with Gasteiger partial charge < -0.3 is 9.64 Å². The SMILES string of the molecule is C=C/C(C)=N\N(c1ccccc1)N1CCN(C(=O)OCC)CC1. The Morgan fingerprint density at radius 3 is 2.52 bits per heavy atom. The number of para-hydroxylation sites is 1. The standard InChI is InChI=1S/C17H24N4O2/c1-4-15(3)18-21(16-9-7-6-8-10-16)20-13-11-19(12-14-20)17(22)23-5-2/h4,6-10H,1,5,11-14H2,2-3H3/b18-15-. The van der Waals surface area contributed by atoms with Crippen LogP contribution in [0.5, 0.6) is 0 Å². The number of carbonyl (C=O) groups excluding carboxylic acids is 1. The van der Waals surface area contributed by atoms with Gasteiger partial charge in [-0.2, -0.15) is 15.2 Å². The van der Waals surface area contributed by atoms with Gasteiger partial charge in [0.05, 0.1) is 18.0 Å². The van der Waals surface area contributed by atoms with E-state index >= 15 is 0 Å². The van der Waals surface area contributed by atoms with Crippen LogP contribution in [0.4, 0.5) is 10.5 Å². The fourth-order valence-corrected chi connectivity index (χ4v) is 2.32. The van der Waals surface area contributed by atoms with Crippen molar-refractivity contribution in [2.24, 2.45) is 5.10 Å². The van der Waals surface area contributed by atoms with Gasteiger partial charge in [-0.15, -0.1) is 0 Å². The van der Waals surface area contributed by atoms with Crippen LogP contribution in [0.15, 0.2) is 48.1 Å². The summed E-state index contributed by atoms with van der Waals surface area (Å²) in [6, 6.07) is 9.96. The Bertz CT molecular complexity index is 551. The van der Waals surface area contributed by atoms with Gasteiger partial charge in [0.25, 0.3) is 0 Å². The highest BCUT2D eigenvalue weighted by atomic mass is 16.6. The molecule has 1 aliphatic rings. The molecule has 0 saturated carbocycles.